The van der Waals surface area contributed by atoms with Crippen LogP contribution in [-0.2, 0) is 0 Å². The van der Waals surface area contributed by atoms with Crippen LogP contribution in [0.4, 0.5) is 0 Å². The second-order valence-corrected chi connectivity index (χ2v) is 6.30. The number of hydrogen-bond acceptors (Lipinski definition) is 8. The maximum atomic E-state index is 8.58. The van der Waals surface area contributed by atoms with Gasteiger partial charge in [-0.25, -0.2) is 9.97 Å². The molecule has 154 valence electrons. The van der Waals surface area contributed by atoms with Crippen LogP contribution in [0.25, 0.3) is 11.6 Å². The highest BCUT2D eigenvalue weighted by Gasteiger charge is 2.05. The molecule has 0 aliphatic heterocycles. The largest absolute Gasteiger partial charge is 0.576 e. The van der Waals surface area contributed by atoms with Gasteiger partial charge >= 0.3 is 7.69 Å². The first-order valence-corrected chi connectivity index (χ1v) is 9.14. The molecule has 0 aliphatic carbocycles. The van der Waals surface area contributed by atoms with Crippen molar-refractivity contribution in [2.24, 2.45) is 10.3 Å². The number of pyridine rings is 2. The Morgan fingerprint density at radius 2 is 1.23 bits per heavy atom. The van der Waals surface area contributed by atoms with Crippen molar-refractivity contribution < 1.29 is 19.7 Å². The number of hydrogen-bond donors (Lipinski definition) is 2. The van der Waals surface area contributed by atoms with E-state index in [0.717, 1.165) is 11.1 Å². The lowest BCUT2D eigenvalue weighted by Crippen LogP contribution is -2.11. The number of aromatic nitrogens is 4. The predicted octanol–water partition coefficient (Wildman–Crippen LogP) is 2.40. The lowest BCUT2D eigenvalue weighted by atomic mass is 10.3. The van der Waals surface area contributed by atoms with E-state index >= 15 is 0 Å². The van der Waals surface area contributed by atoms with Crippen LogP contribution in [0.2, 0.25) is 0 Å². The zero-order chi connectivity index (χ0) is 21.5. The molecule has 4 rings (SSSR count). The lowest BCUT2D eigenvalue weighted by molar-refractivity contribution is 0.321. The predicted molar refractivity (Wildman–Crippen MR) is 114 cm³/mol. The molecule has 4 aromatic rings. The zero-order valence-corrected chi connectivity index (χ0v) is 16.2. The summed E-state index contributed by atoms with van der Waals surface area (Å²) in [5.74, 6) is 2.51. The fourth-order valence-electron chi connectivity index (χ4n) is 2.78. The molecule has 0 spiro atoms. The van der Waals surface area contributed by atoms with Crippen LogP contribution >= 0.6 is 0 Å². The van der Waals surface area contributed by atoms with Gasteiger partial charge in [-0.1, -0.05) is 10.3 Å². The van der Waals surface area contributed by atoms with Gasteiger partial charge in [0.2, 0.25) is 0 Å². The summed E-state index contributed by atoms with van der Waals surface area (Å²) < 4.78 is 14.7. The van der Waals surface area contributed by atoms with Gasteiger partial charge in [0.15, 0.2) is 0 Å². The van der Waals surface area contributed by atoms with E-state index in [4.69, 9.17) is 19.7 Å². The Labute approximate surface area is 177 Å². The number of oxime groups is 2. The van der Waals surface area contributed by atoms with Crippen molar-refractivity contribution in [3.63, 3.8) is 0 Å². The molecule has 0 saturated heterocycles. The van der Waals surface area contributed by atoms with Crippen LogP contribution in [0.1, 0.15) is 11.1 Å². The van der Waals surface area contributed by atoms with E-state index < -0.39 is 0 Å². The first-order chi connectivity index (χ1) is 15.2. The minimum Gasteiger partial charge on any atom is -0.527 e. The zero-order valence-electron chi connectivity index (χ0n) is 16.2. The summed E-state index contributed by atoms with van der Waals surface area (Å²) >= 11 is 0. The molecule has 0 atom stereocenters. The third-order valence-electron chi connectivity index (χ3n) is 4.27. The Morgan fingerprint density at radius 3 is 1.61 bits per heavy atom. The van der Waals surface area contributed by atoms with Gasteiger partial charge in [0, 0.05) is 35.9 Å². The first kappa shape index (κ1) is 19.8. The molecule has 2 N–H and O–H groups in total. The van der Waals surface area contributed by atoms with Gasteiger partial charge in [-0.15, -0.1) is 0 Å². The van der Waals surface area contributed by atoms with E-state index in [1.54, 1.807) is 70.3 Å². The van der Waals surface area contributed by atoms with Crippen molar-refractivity contribution in [3.05, 3.63) is 84.7 Å². The average molecular weight is 416 g/mol. The molecular formula is C20H17BN6O4. The Balaban J connectivity index is 1.30. The number of rotatable bonds is 8. The third-order valence-corrected chi connectivity index (χ3v) is 4.27. The van der Waals surface area contributed by atoms with Gasteiger partial charge in [-0.3, -0.25) is 0 Å². The van der Waals surface area contributed by atoms with Crippen LogP contribution in [-0.4, -0.2) is 49.6 Å². The van der Waals surface area contributed by atoms with Gasteiger partial charge in [-0.2, -0.15) is 0 Å². The lowest BCUT2D eigenvalue weighted by Gasteiger charge is -2.08. The van der Waals surface area contributed by atoms with Gasteiger partial charge in [0.1, 0.15) is 23.1 Å². The van der Waals surface area contributed by atoms with Crippen molar-refractivity contribution >= 4 is 20.1 Å². The SMILES string of the molecule is ON=Cc1ccn(-c2ccc(OBOc3ccc(-n4ccc(C=NO)c4)nc3)cn2)c1. The van der Waals surface area contributed by atoms with Crippen molar-refractivity contribution in [1.82, 2.24) is 19.1 Å². The standard InChI is InChI=1S/C20H17BN6O4/c28-24-9-15-5-7-26(13-15)19-3-1-17(11-22-19)30-21-31-18-2-4-20(23-12-18)27-8-6-16(14-27)10-25-29/h1-14,21,28-29H. The normalized spacial score (nSPS) is 11.2. The second-order valence-electron chi connectivity index (χ2n) is 6.30. The number of nitrogens with zero attached hydrogens (tertiary/aromatic N) is 6. The second kappa shape index (κ2) is 9.31. The van der Waals surface area contributed by atoms with Gasteiger partial charge in [0.25, 0.3) is 0 Å². The summed E-state index contributed by atoms with van der Waals surface area (Å²) in [6.07, 6.45) is 13.1. The molecule has 31 heavy (non-hydrogen) atoms. The maximum absolute atomic E-state index is 8.58. The van der Waals surface area contributed by atoms with Crippen molar-refractivity contribution in [3.8, 4) is 23.1 Å². The van der Waals surface area contributed by atoms with Crippen LogP contribution in [0.3, 0.4) is 0 Å². The third kappa shape index (κ3) is 4.91. The molecule has 11 heteroatoms. The van der Waals surface area contributed by atoms with E-state index in [2.05, 4.69) is 20.3 Å². The highest BCUT2D eigenvalue weighted by Crippen LogP contribution is 2.15. The van der Waals surface area contributed by atoms with E-state index in [1.807, 2.05) is 12.4 Å². The summed E-state index contributed by atoms with van der Waals surface area (Å²) in [5, 5.41) is 23.2. The van der Waals surface area contributed by atoms with Crippen LogP contribution < -0.4 is 9.31 Å². The van der Waals surface area contributed by atoms with Gasteiger partial charge in [-0.05, 0) is 36.4 Å². The molecule has 0 unspecified atom stereocenters. The Kier molecular flexibility index (Phi) is 5.94. The molecule has 0 amide bonds. The average Bonchev–Trinajstić information content (AvgIpc) is 3.45. The summed E-state index contributed by atoms with van der Waals surface area (Å²) in [6, 6.07) is 10.8. The van der Waals surface area contributed by atoms with Crippen molar-refractivity contribution in [2.45, 2.75) is 0 Å². The van der Waals surface area contributed by atoms with Gasteiger partial charge in [0.05, 0.1) is 24.8 Å². The summed E-state index contributed by atoms with van der Waals surface area (Å²) in [6.45, 7) is 0. The topological polar surface area (TPSA) is 119 Å². The fraction of sp³-hybridized carbons (Fsp3) is 0. The van der Waals surface area contributed by atoms with E-state index in [-0.39, 0.29) is 7.69 Å². The molecule has 0 radical (unpaired) electrons. The molecule has 0 fully saturated rings. The Morgan fingerprint density at radius 1 is 0.742 bits per heavy atom. The fourth-order valence-corrected chi connectivity index (χ4v) is 2.78. The summed E-state index contributed by atoms with van der Waals surface area (Å²) in [5.41, 5.74) is 1.52. The van der Waals surface area contributed by atoms with Crippen molar-refractivity contribution in [2.75, 3.05) is 0 Å². The molecule has 0 saturated carbocycles. The van der Waals surface area contributed by atoms with Crippen molar-refractivity contribution in [1.29, 1.82) is 0 Å². The first-order valence-electron chi connectivity index (χ1n) is 9.14. The molecule has 0 aromatic carbocycles. The monoisotopic (exact) mass is 416 g/mol. The Bertz CT molecular complexity index is 1090. The molecule has 4 aromatic heterocycles. The van der Waals surface area contributed by atoms with E-state index in [0.29, 0.717) is 23.1 Å². The van der Waals surface area contributed by atoms with Crippen LogP contribution in [0, 0.1) is 0 Å². The molecule has 0 bridgehead atoms. The Hall–Kier alpha value is -4.54. The van der Waals surface area contributed by atoms with E-state index in [1.165, 1.54) is 12.4 Å². The molecule has 4 heterocycles. The van der Waals surface area contributed by atoms with Crippen LogP contribution in [0.15, 0.2) is 83.9 Å². The minimum atomic E-state index is 0.00329. The summed E-state index contributed by atoms with van der Waals surface area (Å²) in [4.78, 5) is 8.69. The highest BCUT2D eigenvalue weighted by molar-refractivity contribution is 6.20. The van der Waals surface area contributed by atoms with Crippen LogP contribution in [0.5, 0.6) is 11.5 Å². The molecule has 10 nitrogen and oxygen atoms in total. The molecule has 0 aliphatic rings. The smallest absolute Gasteiger partial charge is 0.527 e. The summed E-state index contributed by atoms with van der Waals surface area (Å²) in [7, 11) is 0.00329. The highest BCUT2D eigenvalue weighted by atomic mass is 16.6. The molecular weight excluding hydrogens is 399 g/mol. The maximum Gasteiger partial charge on any atom is 0.576 e. The minimum absolute atomic E-state index is 0.00329. The van der Waals surface area contributed by atoms with E-state index in [9.17, 15) is 0 Å². The quantitative estimate of drug-likeness (QED) is 0.197. The van der Waals surface area contributed by atoms with Gasteiger partial charge < -0.3 is 28.9 Å².